The first-order valence-corrected chi connectivity index (χ1v) is 13.5. The molecular formula is C31H24ClN5S. The van der Waals surface area contributed by atoms with E-state index in [0.717, 1.165) is 38.3 Å². The van der Waals surface area contributed by atoms with Crippen LogP contribution in [0.5, 0.6) is 0 Å². The minimum absolute atomic E-state index is 0.490. The Balaban J connectivity index is 1.66. The molecule has 2 heterocycles. The molecule has 0 unspecified atom stereocenters. The van der Waals surface area contributed by atoms with Crippen LogP contribution in [0, 0.1) is 0 Å². The van der Waals surface area contributed by atoms with Crippen LogP contribution in [-0.4, -0.2) is 20.2 Å². The summed E-state index contributed by atoms with van der Waals surface area (Å²) in [5.74, 6) is 0.636. The number of nitrogens with two attached hydrogens (primary N) is 1. The normalized spacial score (nSPS) is 11.5. The second kappa shape index (κ2) is 10.3. The van der Waals surface area contributed by atoms with Crippen LogP contribution >= 0.6 is 22.9 Å². The lowest BCUT2D eigenvalue weighted by molar-refractivity contribution is 0.451. The highest BCUT2D eigenvalue weighted by Gasteiger charge is 2.42. The molecule has 0 bridgehead atoms. The van der Waals surface area contributed by atoms with E-state index in [0.29, 0.717) is 16.7 Å². The highest BCUT2D eigenvalue weighted by Crippen LogP contribution is 2.46. The van der Waals surface area contributed by atoms with Gasteiger partial charge in [0.1, 0.15) is 5.54 Å². The molecule has 0 atom stereocenters. The molecule has 2 aromatic heterocycles. The molecule has 0 radical (unpaired) electrons. The first-order valence-electron chi connectivity index (χ1n) is 12.3. The largest absolute Gasteiger partial charge is 0.326 e. The van der Waals surface area contributed by atoms with Gasteiger partial charge in [0.2, 0.25) is 0 Å². The van der Waals surface area contributed by atoms with Crippen molar-refractivity contribution in [2.75, 3.05) is 0 Å². The minimum Gasteiger partial charge on any atom is -0.326 e. The fraction of sp³-hybridized carbons (Fsp3) is 0.0645. The summed E-state index contributed by atoms with van der Waals surface area (Å²) in [7, 11) is 0. The lowest BCUT2D eigenvalue weighted by atomic mass is 9.77. The van der Waals surface area contributed by atoms with Crippen molar-refractivity contribution in [3.8, 4) is 21.8 Å². The van der Waals surface area contributed by atoms with Crippen molar-refractivity contribution >= 4 is 22.9 Å². The first kappa shape index (κ1) is 24.2. The molecule has 0 aliphatic rings. The number of hydrogen-bond donors (Lipinski definition) is 1. The number of aromatic nitrogens is 4. The van der Waals surface area contributed by atoms with E-state index in [1.54, 1.807) is 0 Å². The lowest BCUT2D eigenvalue weighted by Crippen LogP contribution is -2.39. The van der Waals surface area contributed by atoms with Gasteiger partial charge < -0.3 is 5.73 Å². The van der Waals surface area contributed by atoms with E-state index in [2.05, 4.69) is 64.1 Å². The summed E-state index contributed by atoms with van der Waals surface area (Å²) in [6.07, 6.45) is 0. The van der Waals surface area contributed by atoms with E-state index in [9.17, 15) is 0 Å². The smallest absolute Gasteiger partial charge is 0.194 e. The Hall–Kier alpha value is -4.10. The van der Waals surface area contributed by atoms with Gasteiger partial charge in [0.25, 0.3) is 0 Å². The second-order valence-corrected chi connectivity index (χ2v) is 10.6. The first-order chi connectivity index (χ1) is 18.7. The van der Waals surface area contributed by atoms with E-state index < -0.39 is 5.54 Å². The van der Waals surface area contributed by atoms with E-state index >= 15 is 0 Å². The van der Waals surface area contributed by atoms with E-state index in [1.807, 2.05) is 77.5 Å². The van der Waals surface area contributed by atoms with Gasteiger partial charge in [-0.3, -0.25) is 0 Å². The molecular weight excluding hydrogens is 510 g/mol. The third kappa shape index (κ3) is 4.13. The molecule has 6 rings (SSSR count). The van der Waals surface area contributed by atoms with Gasteiger partial charge in [-0.15, -0.1) is 16.4 Å². The molecule has 0 aliphatic heterocycles. The van der Waals surface area contributed by atoms with Crippen LogP contribution in [0.3, 0.4) is 0 Å². The Bertz CT molecular complexity index is 1550. The predicted octanol–water partition coefficient (Wildman–Crippen LogP) is 7.02. The quantitative estimate of drug-likeness (QED) is 0.224. The van der Waals surface area contributed by atoms with Crippen LogP contribution in [0.2, 0.25) is 4.34 Å². The fourth-order valence-electron chi connectivity index (χ4n) is 5.02. The number of hydrogen-bond acceptors (Lipinski definition) is 5. The number of nitrogens with zero attached hydrogens (tertiary/aromatic N) is 4. The van der Waals surface area contributed by atoms with Crippen LogP contribution in [0.4, 0.5) is 0 Å². The Morgan fingerprint density at radius 3 is 1.76 bits per heavy atom. The standard InChI is InChI=1S/C31H24ClN5S/c32-28-20-27(23-18-16-22(21-33)17-19-23)29(38-28)30-34-35-36-37(30)31(24-10-4-1-5-11-24,25-12-6-2-7-13-25)26-14-8-3-9-15-26/h1-20H,21,33H2. The molecule has 5 nitrogen and oxygen atoms in total. The van der Waals surface area contributed by atoms with Crippen molar-refractivity contribution in [2.24, 2.45) is 5.73 Å². The Morgan fingerprint density at radius 1 is 0.737 bits per heavy atom. The fourth-order valence-corrected chi connectivity index (χ4v) is 6.24. The number of tetrazole rings is 1. The molecule has 0 fully saturated rings. The molecule has 2 N–H and O–H groups in total. The topological polar surface area (TPSA) is 69.6 Å². The second-order valence-electron chi connectivity index (χ2n) is 8.92. The van der Waals surface area contributed by atoms with Crippen LogP contribution in [0.15, 0.2) is 121 Å². The monoisotopic (exact) mass is 533 g/mol. The van der Waals surface area contributed by atoms with Crippen molar-refractivity contribution in [3.05, 3.63) is 148 Å². The molecule has 0 amide bonds. The van der Waals surface area contributed by atoms with Gasteiger partial charge in [-0.25, -0.2) is 4.68 Å². The van der Waals surface area contributed by atoms with Crippen LogP contribution < -0.4 is 5.73 Å². The third-order valence-electron chi connectivity index (χ3n) is 6.77. The average Bonchev–Trinajstić information content (AvgIpc) is 3.62. The Kier molecular flexibility index (Phi) is 6.60. The van der Waals surface area contributed by atoms with E-state index in [1.165, 1.54) is 11.3 Å². The SMILES string of the molecule is NCc1ccc(-c2cc(Cl)sc2-c2nnnn2C(c2ccccc2)(c2ccccc2)c2ccccc2)cc1. The van der Waals surface area contributed by atoms with Crippen LogP contribution in [-0.2, 0) is 12.1 Å². The highest BCUT2D eigenvalue weighted by molar-refractivity contribution is 7.19. The van der Waals surface area contributed by atoms with Crippen molar-refractivity contribution in [2.45, 2.75) is 12.1 Å². The van der Waals surface area contributed by atoms with Gasteiger partial charge in [-0.05, 0) is 44.3 Å². The molecule has 7 heteroatoms. The summed E-state index contributed by atoms with van der Waals surface area (Å²) in [5.41, 5.74) is 11.2. The molecule has 6 aromatic rings. The summed E-state index contributed by atoms with van der Waals surface area (Å²) >= 11 is 8.10. The maximum atomic E-state index is 6.63. The number of rotatable bonds is 7. The molecule has 0 spiro atoms. The van der Waals surface area contributed by atoms with Crippen molar-refractivity contribution < 1.29 is 0 Å². The summed E-state index contributed by atoms with van der Waals surface area (Å²) in [6.45, 7) is 0.490. The molecule has 186 valence electrons. The van der Waals surface area contributed by atoms with Crippen molar-refractivity contribution in [3.63, 3.8) is 0 Å². The van der Waals surface area contributed by atoms with Crippen LogP contribution in [0.25, 0.3) is 21.8 Å². The summed E-state index contributed by atoms with van der Waals surface area (Å²) in [6, 6.07) is 41.3. The zero-order chi connectivity index (χ0) is 26.0. The molecule has 0 saturated carbocycles. The van der Waals surface area contributed by atoms with Crippen LogP contribution in [0.1, 0.15) is 22.3 Å². The van der Waals surface area contributed by atoms with E-state index in [-0.39, 0.29) is 0 Å². The average molecular weight is 534 g/mol. The van der Waals surface area contributed by atoms with Gasteiger partial charge in [0, 0.05) is 12.1 Å². The maximum absolute atomic E-state index is 6.63. The number of benzene rings is 4. The van der Waals surface area contributed by atoms with E-state index in [4.69, 9.17) is 17.3 Å². The zero-order valence-electron chi connectivity index (χ0n) is 20.4. The maximum Gasteiger partial charge on any atom is 0.194 e. The van der Waals surface area contributed by atoms with Crippen molar-refractivity contribution in [1.29, 1.82) is 0 Å². The molecule has 0 aliphatic carbocycles. The molecule has 0 saturated heterocycles. The van der Waals surface area contributed by atoms with Crippen molar-refractivity contribution in [1.82, 2.24) is 20.2 Å². The minimum atomic E-state index is -0.834. The zero-order valence-corrected chi connectivity index (χ0v) is 22.0. The summed E-state index contributed by atoms with van der Waals surface area (Å²) in [5, 5.41) is 13.5. The number of halogens is 1. The number of thiophene rings is 1. The molecule has 38 heavy (non-hydrogen) atoms. The third-order valence-corrected chi connectivity index (χ3v) is 8.03. The lowest BCUT2D eigenvalue weighted by Gasteiger charge is -2.36. The van der Waals surface area contributed by atoms with Gasteiger partial charge in [0.15, 0.2) is 5.82 Å². The highest BCUT2D eigenvalue weighted by atomic mass is 35.5. The summed E-state index contributed by atoms with van der Waals surface area (Å²) in [4.78, 5) is 0.896. The molecule has 4 aromatic carbocycles. The Morgan fingerprint density at radius 2 is 1.26 bits per heavy atom. The van der Waals surface area contributed by atoms with Gasteiger partial charge in [0.05, 0.1) is 9.21 Å². The Labute approximate surface area is 230 Å². The van der Waals surface area contributed by atoms with Gasteiger partial charge in [-0.1, -0.05) is 127 Å². The van der Waals surface area contributed by atoms with Gasteiger partial charge >= 0.3 is 0 Å². The summed E-state index contributed by atoms with van der Waals surface area (Å²) < 4.78 is 2.60. The predicted molar refractivity (Wildman–Crippen MR) is 154 cm³/mol. The van der Waals surface area contributed by atoms with Gasteiger partial charge in [-0.2, -0.15) is 0 Å².